The van der Waals surface area contributed by atoms with Crippen LogP contribution in [-0.2, 0) is 32.1 Å². The van der Waals surface area contributed by atoms with Crippen molar-refractivity contribution in [2.45, 2.75) is 57.7 Å². The molecule has 0 aromatic carbocycles. The van der Waals surface area contributed by atoms with Crippen molar-refractivity contribution in [3.05, 3.63) is 42.6 Å². The summed E-state index contributed by atoms with van der Waals surface area (Å²) >= 11 is 8.74. The summed E-state index contributed by atoms with van der Waals surface area (Å²) in [6.07, 6.45) is -8.49. The smallest absolute Gasteiger partial charge is 0.475 e. The maximum Gasteiger partial charge on any atom is 0.490 e. The standard InChI is InChI=1S/C20H25Br2N5O2S.2C2HF3O2/c1-10-13(3-4-17(23)26-10)9-25-19(28)11(2)27-20(29)16-6-12(8-24-16)5-14-7-15(21)18(22)30-14;2*3-2(4,5)1(6)7/h3-4,7,11-12,16,24H,5-6,8-9H2,1-2H3,(H2,23,26)(H,25,28)(H,27,29);2*(H,6,7)/t11-,12-,16+;;/m0../s1. The van der Waals surface area contributed by atoms with Crippen LogP contribution in [0.25, 0.3) is 0 Å². The number of carbonyl (C=O) groups is 4. The van der Waals surface area contributed by atoms with Crippen LogP contribution in [0.4, 0.5) is 32.2 Å². The molecule has 44 heavy (non-hydrogen) atoms. The molecule has 7 N–H and O–H groups in total. The number of carbonyl (C=O) groups excluding carboxylic acids is 2. The molecule has 0 unspecified atom stereocenters. The lowest BCUT2D eigenvalue weighted by atomic mass is 10.0. The Labute approximate surface area is 267 Å². The van der Waals surface area contributed by atoms with Gasteiger partial charge in [-0.15, -0.1) is 11.3 Å². The first-order chi connectivity index (χ1) is 20.1. The highest BCUT2D eigenvalue weighted by Crippen LogP contribution is 2.34. The van der Waals surface area contributed by atoms with E-state index in [-0.39, 0.29) is 17.9 Å². The number of rotatable bonds is 7. The molecule has 3 rings (SSSR count). The monoisotopic (exact) mass is 785 g/mol. The molecule has 0 aliphatic carbocycles. The zero-order valence-electron chi connectivity index (χ0n) is 22.8. The Morgan fingerprint density at radius 1 is 1.11 bits per heavy atom. The number of aryl methyl sites for hydroxylation is 1. The molecule has 3 heterocycles. The number of nitrogens with one attached hydrogen (secondary N) is 3. The lowest BCUT2D eigenvalue weighted by molar-refractivity contribution is -0.193. The first kappa shape index (κ1) is 39.1. The number of hydrogen-bond donors (Lipinski definition) is 6. The molecule has 1 aliphatic heterocycles. The molecule has 2 aromatic heterocycles. The normalized spacial score (nSPS) is 16.9. The van der Waals surface area contributed by atoms with E-state index in [0.717, 1.165) is 38.9 Å². The number of nitrogens with two attached hydrogens (primary N) is 1. The summed E-state index contributed by atoms with van der Waals surface area (Å²) < 4.78 is 65.6. The van der Waals surface area contributed by atoms with E-state index in [1.807, 2.05) is 13.0 Å². The van der Waals surface area contributed by atoms with Gasteiger partial charge >= 0.3 is 24.3 Å². The predicted molar refractivity (Wildman–Crippen MR) is 154 cm³/mol. The molecule has 2 amide bonds. The predicted octanol–water partition coefficient (Wildman–Crippen LogP) is 4.17. The summed E-state index contributed by atoms with van der Waals surface area (Å²) in [4.78, 5) is 48.2. The largest absolute Gasteiger partial charge is 0.490 e. The van der Waals surface area contributed by atoms with Gasteiger partial charge in [-0.1, -0.05) is 6.07 Å². The van der Waals surface area contributed by atoms with Crippen molar-refractivity contribution in [2.75, 3.05) is 12.3 Å². The van der Waals surface area contributed by atoms with Crippen LogP contribution in [-0.4, -0.2) is 69.9 Å². The van der Waals surface area contributed by atoms with Crippen LogP contribution in [0.2, 0.25) is 0 Å². The molecule has 3 atom stereocenters. The lowest BCUT2D eigenvalue weighted by Crippen LogP contribution is -2.50. The molecule has 0 spiro atoms. The Morgan fingerprint density at radius 2 is 1.66 bits per heavy atom. The highest BCUT2D eigenvalue weighted by Gasteiger charge is 2.39. The number of nitrogens with zero attached hydrogens (tertiary/aromatic N) is 1. The molecule has 1 fully saturated rings. The third kappa shape index (κ3) is 13.8. The molecule has 0 saturated carbocycles. The fourth-order valence-electron chi connectivity index (χ4n) is 3.45. The van der Waals surface area contributed by atoms with E-state index in [4.69, 9.17) is 25.5 Å². The minimum atomic E-state index is -5.08. The molecule has 1 saturated heterocycles. The van der Waals surface area contributed by atoms with Gasteiger partial charge in [0.2, 0.25) is 11.8 Å². The molecule has 20 heteroatoms. The number of pyridine rings is 1. The molecule has 0 radical (unpaired) electrons. The van der Waals surface area contributed by atoms with Crippen LogP contribution in [0, 0.1) is 12.8 Å². The van der Waals surface area contributed by atoms with Crippen molar-refractivity contribution < 1.29 is 55.7 Å². The van der Waals surface area contributed by atoms with Gasteiger partial charge in [0.15, 0.2) is 0 Å². The van der Waals surface area contributed by atoms with Crippen molar-refractivity contribution >= 4 is 72.8 Å². The molecule has 11 nitrogen and oxygen atoms in total. The van der Waals surface area contributed by atoms with Crippen molar-refractivity contribution in [1.82, 2.24) is 20.9 Å². The zero-order valence-corrected chi connectivity index (χ0v) is 26.8. The molecule has 2 aromatic rings. The highest BCUT2D eigenvalue weighted by atomic mass is 79.9. The van der Waals surface area contributed by atoms with Gasteiger partial charge in [0.1, 0.15) is 11.9 Å². The second-order valence-electron chi connectivity index (χ2n) is 9.14. The van der Waals surface area contributed by atoms with Gasteiger partial charge in [-0.3, -0.25) is 9.59 Å². The van der Waals surface area contributed by atoms with Crippen molar-refractivity contribution in [3.8, 4) is 0 Å². The summed E-state index contributed by atoms with van der Waals surface area (Å²) in [5.74, 6) is -5.05. The number of anilines is 1. The van der Waals surface area contributed by atoms with Crippen LogP contribution in [0.1, 0.15) is 29.5 Å². The van der Waals surface area contributed by atoms with Crippen LogP contribution in [0.3, 0.4) is 0 Å². The SMILES string of the molecule is Cc1nc(N)ccc1CNC(=O)[C@H](C)NC(=O)[C@H]1C[C@H](Cc2cc(Br)c(Br)s2)CN1.O=C(O)C(F)(F)F.O=C(O)C(F)(F)F. The molecule has 0 bridgehead atoms. The minimum absolute atomic E-state index is 0.140. The molecular weight excluding hydrogens is 760 g/mol. The molecule has 246 valence electrons. The summed E-state index contributed by atoms with van der Waals surface area (Å²) in [6.45, 7) is 4.66. The summed E-state index contributed by atoms with van der Waals surface area (Å²) in [5.41, 5.74) is 7.32. The Bertz CT molecular complexity index is 1280. The van der Waals surface area contributed by atoms with Gasteiger partial charge in [-0.2, -0.15) is 26.3 Å². The topological polar surface area (TPSA) is 184 Å². The van der Waals surface area contributed by atoms with Crippen molar-refractivity contribution in [3.63, 3.8) is 0 Å². The summed E-state index contributed by atoms with van der Waals surface area (Å²) in [6, 6.07) is 4.77. The van der Waals surface area contributed by atoms with Gasteiger partial charge in [-0.05, 0) is 88.7 Å². The van der Waals surface area contributed by atoms with Gasteiger partial charge in [0.05, 0.1) is 9.83 Å². The number of alkyl halides is 6. The van der Waals surface area contributed by atoms with Crippen LogP contribution in [0.5, 0.6) is 0 Å². The molecule has 1 aliphatic rings. The van der Waals surface area contributed by atoms with Crippen molar-refractivity contribution in [1.29, 1.82) is 0 Å². The second kappa shape index (κ2) is 16.9. The third-order valence-electron chi connectivity index (χ3n) is 5.63. The van der Waals surface area contributed by atoms with E-state index in [0.29, 0.717) is 18.3 Å². The van der Waals surface area contributed by atoms with Gasteiger partial charge < -0.3 is 31.9 Å². The maximum absolute atomic E-state index is 12.6. The number of carboxylic acids is 2. The number of thiophene rings is 1. The minimum Gasteiger partial charge on any atom is -0.475 e. The Balaban J connectivity index is 0.000000574. The number of aromatic nitrogens is 1. The summed E-state index contributed by atoms with van der Waals surface area (Å²) in [7, 11) is 0. The maximum atomic E-state index is 12.6. The van der Waals surface area contributed by atoms with E-state index < -0.39 is 30.3 Å². The highest BCUT2D eigenvalue weighted by molar-refractivity contribution is 9.13. The number of nitrogen functional groups attached to an aromatic ring is 1. The van der Waals surface area contributed by atoms with E-state index in [1.165, 1.54) is 4.88 Å². The first-order valence-corrected chi connectivity index (χ1v) is 14.6. The van der Waals surface area contributed by atoms with Crippen LogP contribution < -0.4 is 21.7 Å². The van der Waals surface area contributed by atoms with Gasteiger partial charge in [0.25, 0.3) is 0 Å². The quantitative estimate of drug-likeness (QED) is 0.225. The summed E-state index contributed by atoms with van der Waals surface area (Å²) in [5, 5.41) is 23.2. The zero-order chi connectivity index (χ0) is 34.0. The number of aliphatic carboxylic acids is 2. The van der Waals surface area contributed by atoms with Crippen molar-refractivity contribution in [2.24, 2.45) is 5.92 Å². The number of hydrogen-bond acceptors (Lipinski definition) is 8. The van der Waals surface area contributed by atoms with E-state index >= 15 is 0 Å². The third-order valence-corrected chi connectivity index (χ3v) is 8.91. The molecular formula is C24H27Br2F6N5O6S. The average Bonchev–Trinajstić information content (AvgIpc) is 3.48. The number of carboxylic acid groups (broad SMARTS) is 2. The Kier molecular flexibility index (Phi) is 15.0. The Morgan fingerprint density at radius 3 is 2.11 bits per heavy atom. The van der Waals surface area contributed by atoms with E-state index in [2.05, 4.69) is 58.9 Å². The number of halogens is 8. The lowest BCUT2D eigenvalue weighted by Gasteiger charge is -2.17. The van der Waals surface area contributed by atoms with E-state index in [1.54, 1.807) is 24.3 Å². The van der Waals surface area contributed by atoms with Crippen LogP contribution in [0.15, 0.2) is 26.5 Å². The number of amides is 2. The van der Waals surface area contributed by atoms with Gasteiger partial charge in [-0.25, -0.2) is 14.6 Å². The average molecular weight is 787 g/mol. The fourth-order valence-corrected chi connectivity index (χ4v) is 5.74. The van der Waals surface area contributed by atoms with Crippen LogP contribution >= 0.6 is 43.2 Å². The first-order valence-electron chi connectivity index (χ1n) is 12.2. The fraction of sp³-hybridized carbons (Fsp3) is 0.458. The van der Waals surface area contributed by atoms with Gasteiger partial charge in [0, 0.05) is 21.6 Å². The second-order valence-corrected chi connectivity index (χ2v) is 12.4. The van der Waals surface area contributed by atoms with E-state index in [9.17, 15) is 35.9 Å². The Hall–Kier alpha value is -2.97.